The zero-order valence-electron chi connectivity index (χ0n) is 17.2. The minimum atomic E-state index is -0.327. The summed E-state index contributed by atoms with van der Waals surface area (Å²) >= 11 is 0. The van der Waals surface area contributed by atoms with Crippen LogP contribution in [-0.4, -0.2) is 16.4 Å². The summed E-state index contributed by atoms with van der Waals surface area (Å²) in [5.74, 6) is 0.448. The Morgan fingerprint density at radius 3 is 2.32 bits per heavy atom. The smallest absolute Gasteiger partial charge is 0.165 e. The van der Waals surface area contributed by atoms with Gasteiger partial charge in [-0.15, -0.1) is 0 Å². The van der Waals surface area contributed by atoms with Crippen molar-refractivity contribution >= 4 is 0 Å². The third kappa shape index (κ3) is 4.27. The number of aryl methyl sites for hydroxylation is 1. The average Bonchev–Trinajstić information content (AvgIpc) is 3.14. The third-order valence-electron chi connectivity index (χ3n) is 5.15. The van der Waals surface area contributed by atoms with Crippen molar-refractivity contribution in [3.05, 3.63) is 65.7 Å². The van der Waals surface area contributed by atoms with Gasteiger partial charge in [-0.2, -0.15) is 5.10 Å². The van der Waals surface area contributed by atoms with Gasteiger partial charge >= 0.3 is 0 Å². The topological polar surface area (TPSA) is 27.1 Å². The first kappa shape index (κ1) is 20.1. The molecule has 3 rings (SSSR count). The Bertz CT molecular complexity index is 928. The molecule has 0 fully saturated rings. The van der Waals surface area contributed by atoms with Gasteiger partial charge in [-0.1, -0.05) is 39.0 Å². The van der Waals surface area contributed by atoms with Crippen LogP contribution >= 0.6 is 0 Å². The molecule has 0 N–H and O–H groups in total. The molecule has 0 aliphatic carbocycles. The molecular formula is C24H29FN2O. The SMILES string of the molecule is CCCOc1ccc(-c2ccc(C(CC)CC)c(-n3ccc(C)n3)c2)cc1F. The predicted molar refractivity (Wildman–Crippen MR) is 113 cm³/mol. The van der Waals surface area contributed by atoms with E-state index in [1.807, 2.05) is 36.9 Å². The van der Waals surface area contributed by atoms with Gasteiger partial charge in [0.25, 0.3) is 0 Å². The number of hydrogen-bond acceptors (Lipinski definition) is 2. The van der Waals surface area contributed by atoms with Gasteiger partial charge < -0.3 is 4.74 Å². The molecule has 0 bridgehead atoms. The third-order valence-corrected chi connectivity index (χ3v) is 5.15. The number of halogens is 1. The highest BCUT2D eigenvalue weighted by molar-refractivity contribution is 5.68. The van der Waals surface area contributed by atoms with Crippen LogP contribution < -0.4 is 4.74 Å². The molecule has 0 saturated carbocycles. The van der Waals surface area contributed by atoms with E-state index in [0.717, 1.165) is 41.8 Å². The maximum atomic E-state index is 14.5. The second kappa shape index (κ2) is 9.05. The lowest BCUT2D eigenvalue weighted by Gasteiger charge is -2.19. The van der Waals surface area contributed by atoms with Gasteiger partial charge in [0.15, 0.2) is 11.6 Å². The zero-order valence-corrected chi connectivity index (χ0v) is 17.2. The van der Waals surface area contributed by atoms with Gasteiger partial charge in [-0.05, 0) is 73.1 Å². The summed E-state index contributed by atoms with van der Waals surface area (Å²) in [5.41, 5.74) is 5.12. The highest BCUT2D eigenvalue weighted by Crippen LogP contribution is 2.33. The van der Waals surface area contributed by atoms with Crippen LogP contribution in [0.3, 0.4) is 0 Å². The molecule has 1 aromatic heterocycles. The molecule has 0 unspecified atom stereocenters. The Balaban J connectivity index is 2.04. The molecule has 28 heavy (non-hydrogen) atoms. The fraction of sp³-hybridized carbons (Fsp3) is 0.375. The lowest BCUT2D eigenvalue weighted by Crippen LogP contribution is -2.05. The quantitative estimate of drug-likeness (QED) is 0.436. The molecule has 3 aromatic rings. The average molecular weight is 381 g/mol. The zero-order chi connectivity index (χ0) is 20.1. The normalized spacial score (nSPS) is 11.2. The minimum Gasteiger partial charge on any atom is -0.491 e. The molecule has 0 spiro atoms. The molecule has 0 atom stereocenters. The van der Waals surface area contributed by atoms with Crippen LogP contribution in [0.2, 0.25) is 0 Å². The Morgan fingerprint density at radius 2 is 1.71 bits per heavy atom. The number of benzene rings is 2. The highest BCUT2D eigenvalue weighted by Gasteiger charge is 2.16. The molecule has 4 heteroatoms. The molecule has 0 aliphatic rings. The van der Waals surface area contributed by atoms with Gasteiger partial charge in [0.1, 0.15) is 0 Å². The summed E-state index contributed by atoms with van der Waals surface area (Å²) in [6, 6.07) is 13.5. The number of rotatable bonds is 8. The van der Waals surface area contributed by atoms with Gasteiger partial charge in [-0.25, -0.2) is 9.07 Å². The fourth-order valence-electron chi connectivity index (χ4n) is 3.55. The van der Waals surface area contributed by atoms with Gasteiger partial charge in [0.2, 0.25) is 0 Å². The summed E-state index contributed by atoms with van der Waals surface area (Å²) in [6.07, 6.45) is 4.98. The van der Waals surface area contributed by atoms with Crippen molar-refractivity contribution < 1.29 is 9.13 Å². The van der Waals surface area contributed by atoms with Crippen LogP contribution in [0.25, 0.3) is 16.8 Å². The van der Waals surface area contributed by atoms with Crippen LogP contribution in [0.5, 0.6) is 5.75 Å². The van der Waals surface area contributed by atoms with Gasteiger partial charge in [-0.3, -0.25) is 0 Å². The van der Waals surface area contributed by atoms with E-state index < -0.39 is 0 Å². The number of aromatic nitrogens is 2. The first-order chi connectivity index (χ1) is 13.6. The molecule has 0 radical (unpaired) electrons. The van der Waals surface area contributed by atoms with Gasteiger partial charge in [0.05, 0.1) is 18.0 Å². The number of ether oxygens (including phenoxy) is 1. The number of nitrogens with zero attached hydrogens (tertiary/aromatic N) is 2. The first-order valence-electron chi connectivity index (χ1n) is 10.2. The van der Waals surface area contributed by atoms with Crippen molar-refractivity contribution in [2.45, 2.75) is 52.9 Å². The van der Waals surface area contributed by atoms with Crippen LogP contribution in [0.4, 0.5) is 4.39 Å². The van der Waals surface area contributed by atoms with E-state index in [0.29, 0.717) is 18.3 Å². The molecule has 3 nitrogen and oxygen atoms in total. The summed E-state index contributed by atoms with van der Waals surface area (Å²) in [7, 11) is 0. The molecule has 2 aromatic carbocycles. The van der Waals surface area contributed by atoms with E-state index in [-0.39, 0.29) is 5.82 Å². The monoisotopic (exact) mass is 380 g/mol. The largest absolute Gasteiger partial charge is 0.491 e. The van der Waals surface area contributed by atoms with E-state index in [1.165, 1.54) is 5.56 Å². The summed E-state index contributed by atoms with van der Waals surface area (Å²) < 4.78 is 21.9. The second-order valence-corrected chi connectivity index (χ2v) is 7.18. The first-order valence-corrected chi connectivity index (χ1v) is 10.2. The minimum absolute atomic E-state index is 0.308. The summed E-state index contributed by atoms with van der Waals surface area (Å²) in [4.78, 5) is 0. The summed E-state index contributed by atoms with van der Waals surface area (Å²) in [5, 5.41) is 4.62. The van der Waals surface area contributed by atoms with E-state index in [2.05, 4.69) is 37.1 Å². The van der Waals surface area contributed by atoms with Crippen molar-refractivity contribution in [3.63, 3.8) is 0 Å². The second-order valence-electron chi connectivity index (χ2n) is 7.18. The lowest BCUT2D eigenvalue weighted by molar-refractivity contribution is 0.301. The van der Waals surface area contributed by atoms with Crippen molar-refractivity contribution in [2.75, 3.05) is 6.61 Å². The van der Waals surface area contributed by atoms with Crippen LogP contribution in [0, 0.1) is 12.7 Å². The van der Waals surface area contributed by atoms with Crippen molar-refractivity contribution in [2.24, 2.45) is 0 Å². The van der Waals surface area contributed by atoms with Crippen molar-refractivity contribution in [3.8, 4) is 22.6 Å². The van der Waals surface area contributed by atoms with Crippen molar-refractivity contribution in [1.29, 1.82) is 0 Å². The highest BCUT2D eigenvalue weighted by atomic mass is 19.1. The van der Waals surface area contributed by atoms with E-state index in [9.17, 15) is 4.39 Å². The standard InChI is InChI=1S/C24H29FN2O/c1-5-14-28-24-11-9-19(15-22(24)25)20-8-10-21(18(6-2)7-3)23(16-20)27-13-12-17(4)26-27/h8-13,15-16,18H,5-7,14H2,1-4H3. The van der Waals surface area contributed by atoms with Crippen LogP contribution in [0.15, 0.2) is 48.7 Å². The molecule has 148 valence electrons. The maximum Gasteiger partial charge on any atom is 0.165 e. The van der Waals surface area contributed by atoms with Gasteiger partial charge in [0, 0.05) is 6.20 Å². The number of hydrogen-bond donors (Lipinski definition) is 0. The maximum absolute atomic E-state index is 14.5. The molecule has 0 aliphatic heterocycles. The summed E-state index contributed by atoms with van der Waals surface area (Å²) in [6.45, 7) is 8.94. The van der Waals surface area contributed by atoms with E-state index >= 15 is 0 Å². The van der Waals surface area contributed by atoms with Crippen LogP contribution in [0.1, 0.15) is 57.2 Å². The lowest BCUT2D eigenvalue weighted by atomic mass is 9.90. The molecule has 0 saturated heterocycles. The Kier molecular flexibility index (Phi) is 6.50. The fourth-order valence-corrected chi connectivity index (χ4v) is 3.55. The molecule has 1 heterocycles. The Morgan fingerprint density at radius 1 is 1.00 bits per heavy atom. The molecule has 0 amide bonds. The van der Waals surface area contributed by atoms with Crippen LogP contribution in [-0.2, 0) is 0 Å². The molecular weight excluding hydrogens is 351 g/mol. The Labute approximate surface area is 167 Å². The van der Waals surface area contributed by atoms with E-state index in [4.69, 9.17) is 4.74 Å². The Hall–Kier alpha value is -2.62. The predicted octanol–water partition coefficient (Wildman–Crippen LogP) is 6.68. The van der Waals surface area contributed by atoms with Crippen molar-refractivity contribution in [1.82, 2.24) is 9.78 Å². The van der Waals surface area contributed by atoms with E-state index in [1.54, 1.807) is 12.1 Å².